The van der Waals surface area contributed by atoms with E-state index in [9.17, 15) is 0 Å². The summed E-state index contributed by atoms with van der Waals surface area (Å²) in [4.78, 5) is 6.57. The normalized spacial score (nSPS) is 24.5. The van der Waals surface area contributed by atoms with Gasteiger partial charge in [0, 0.05) is 24.2 Å². The second kappa shape index (κ2) is 2.23. The number of aromatic nitrogens is 1. The third kappa shape index (κ3) is 0.814. The molecule has 1 unspecified atom stereocenters. The molecule has 2 heterocycles. The fourth-order valence-corrected chi connectivity index (χ4v) is 1.93. The first-order valence-corrected chi connectivity index (χ1v) is 4.42. The molecule has 3 heteroatoms. The van der Waals surface area contributed by atoms with E-state index in [0.717, 1.165) is 0 Å². The molecule has 1 aromatic heterocycles. The zero-order valence-electron chi connectivity index (χ0n) is 5.95. The zero-order chi connectivity index (χ0) is 6.97. The van der Waals surface area contributed by atoms with Crippen molar-refractivity contribution in [2.24, 2.45) is 0 Å². The number of hydrogen-bond acceptors (Lipinski definition) is 3. The molecule has 0 spiro atoms. The zero-order valence-corrected chi connectivity index (χ0v) is 6.77. The van der Waals surface area contributed by atoms with Crippen molar-refractivity contribution in [2.75, 3.05) is 11.4 Å². The smallest absolute Gasteiger partial charge is 0.185 e. The van der Waals surface area contributed by atoms with Crippen molar-refractivity contribution in [1.29, 1.82) is 0 Å². The lowest BCUT2D eigenvalue weighted by Gasteiger charge is -2.38. The van der Waals surface area contributed by atoms with Crippen molar-refractivity contribution in [1.82, 2.24) is 4.98 Å². The van der Waals surface area contributed by atoms with Gasteiger partial charge in [-0.15, -0.1) is 11.3 Å². The van der Waals surface area contributed by atoms with Crippen LogP contribution in [0.15, 0.2) is 11.6 Å². The molecule has 0 bridgehead atoms. The number of nitrogens with zero attached hydrogens (tertiary/aromatic N) is 2. The van der Waals surface area contributed by atoms with E-state index in [4.69, 9.17) is 0 Å². The summed E-state index contributed by atoms with van der Waals surface area (Å²) >= 11 is 1.73. The van der Waals surface area contributed by atoms with Crippen LogP contribution in [0.25, 0.3) is 0 Å². The van der Waals surface area contributed by atoms with Crippen LogP contribution in [0.5, 0.6) is 0 Å². The van der Waals surface area contributed by atoms with Gasteiger partial charge in [0.25, 0.3) is 0 Å². The van der Waals surface area contributed by atoms with E-state index in [2.05, 4.69) is 16.8 Å². The molecule has 0 amide bonds. The van der Waals surface area contributed by atoms with Gasteiger partial charge in [0.1, 0.15) is 0 Å². The third-order valence-electron chi connectivity index (χ3n) is 1.98. The van der Waals surface area contributed by atoms with Gasteiger partial charge in [0.05, 0.1) is 0 Å². The number of anilines is 1. The Labute approximate surface area is 64.5 Å². The lowest BCUT2D eigenvalue weighted by Crippen LogP contribution is -2.45. The predicted octanol–water partition coefficient (Wildman–Crippen LogP) is 1.74. The van der Waals surface area contributed by atoms with Gasteiger partial charge in [-0.25, -0.2) is 4.98 Å². The Kier molecular flexibility index (Phi) is 1.38. The third-order valence-corrected chi connectivity index (χ3v) is 2.79. The van der Waals surface area contributed by atoms with E-state index in [1.54, 1.807) is 11.3 Å². The van der Waals surface area contributed by atoms with Crippen LogP contribution < -0.4 is 4.90 Å². The summed E-state index contributed by atoms with van der Waals surface area (Å²) in [5.74, 6) is 0. The molecule has 0 aliphatic carbocycles. The van der Waals surface area contributed by atoms with Crippen LogP contribution in [0.2, 0.25) is 0 Å². The minimum Gasteiger partial charge on any atom is -0.345 e. The van der Waals surface area contributed by atoms with Gasteiger partial charge in [-0.2, -0.15) is 0 Å². The van der Waals surface area contributed by atoms with E-state index < -0.39 is 0 Å². The summed E-state index contributed by atoms with van der Waals surface area (Å²) in [7, 11) is 0. The summed E-state index contributed by atoms with van der Waals surface area (Å²) in [5.41, 5.74) is 0. The maximum atomic E-state index is 4.23. The maximum Gasteiger partial charge on any atom is 0.185 e. The van der Waals surface area contributed by atoms with Crippen LogP contribution in [0.1, 0.15) is 13.3 Å². The quantitative estimate of drug-likeness (QED) is 0.612. The van der Waals surface area contributed by atoms with Gasteiger partial charge in [-0.1, -0.05) is 0 Å². The molecular weight excluding hydrogens is 144 g/mol. The van der Waals surface area contributed by atoms with Gasteiger partial charge in [0.2, 0.25) is 0 Å². The fourth-order valence-electron chi connectivity index (χ4n) is 1.16. The van der Waals surface area contributed by atoms with Crippen molar-refractivity contribution < 1.29 is 0 Å². The van der Waals surface area contributed by atoms with Crippen LogP contribution in [-0.2, 0) is 0 Å². The van der Waals surface area contributed by atoms with Gasteiger partial charge in [0.15, 0.2) is 5.13 Å². The fraction of sp³-hybridized carbons (Fsp3) is 0.571. The van der Waals surface area contributed by atoms with Crippen LogP contribution >= 0.6 is 11.3 Å². The maximum absolute atomic E-state index is 4.23. The average Bonchev–Trinajstić information content (AvgIpc) is 2.37. The van der Waals surface area contributed by atoms with Crippen LogP contribution in [-0.4, -0.2) is 17.6 Å². The first-order valence-electron chi connectivity index (χ1n) is 3.54. The molecule has 2 nitrogen and oxygen atoms in total. The summed E-state index contributed by atoms with van der Waals surface area (Å²) < 4.78 is 0. The Morgan fingerprint density at radius 1 is 1.80 bits per heavy atom. The molecule has 0 aromatic carbocycles. The van der Waals surface area contributed by atoms with Crippen molar-refractivity contribution in [2.45, 2.75) is 19.4 Å². The first kappa shape index (κ1) is 6.16. The molecular formula is C7H10N2S. The summed E-state index contributed by atoms with van der Waals surface area (Å²) in [6.45, 7) is 3.43. The van der Waals surface area contributed by atoms with Crippen LogP contribution in [0.3, 0.4) is 0 Å². The van der Waals surface area contributed by atoms with Crippen molar-refractivity contribution in [3.63, 3.8) is 0 Å². The molecule has 0 saturated carbocycles. The highest BCUT2D eigenvalue weighted by Crippen LogP contribution is 2.27. The summed E-state index contributed by atoms with van der Waals surface area (Å²) in [6.07, 6.45) is 3.19. The number of hydrogen-bond donors (Lipinski definition) is 0. The molecule has 2 rings (SSSR count). The lowest BCUT2D eigenvalue weighted by atomic mass is 10.1. The van der Waals surface area contributed by atoms with Crippen molar-refractivity contribution in [3.8, 4) is 0 Å². The molecule has 10 heavy (non-hydrogen) atoms. The van der Waals surface area contributed by atoms with E-state index in [-0.39, 0.29) is 0 Å². The Morgan fingerprint density at radius 2 is 2.70 bits per heavy atom. The monoisotopic (exact) mass is 154 g/mol. The van der Waals surface area contributed by atoms with E-state index in [1.807, 2.05) is 11.6 Å². The van der Waals surface area contributed by atoms with Crippen molar-refractivity contribution >= 4 is 16.5 Å². The Bertz CT molecular complexity index is 207. The standard InChI is InChI=1S/C7H10N2S/c1-6-2-4-9(6)7-8-3-5-10-7/h3,5-6H,2,4H2,1H3. The second-order valence-electron chi connectivity index (χ2n) is 2.65. The molecule has 1 aliphatic heterocycles. The molecule has 0 N–H and O–H groups in total. The molecule has 1 atom stereocenters. The Morgan fingerprint density at radius 3 is 3.10 bits per heavy atom. The molecule has 54 valence electrons. The molecule has 1 fully saturated rings. The molecule has 1 aliphatic rings. The Balaban J connectivity index is 2.14. The van der Waals surface area contributed by atoms with E-state index in [0.29, 0.717) is 6.04 Å². The van der Waals surface area contributed by atoms with Crippen molar-refractivity contribution in [3.05, 3.63) is 11.6 Å². The SMILES string of the molecule is CC1CCN1c1nccs1. The first-order chi connectivity index (χ1) is 4.88. The second-order valence-corrected chi connectivity index (χ2v) is 3.52. The lowest BCUT2D eigenvalue weighted by molar-refractivity contribution is 0.480. The van der Waals surface area contributed by atoms with Gasteiger partial charge < -0.3 is 4.90 Å². The minimum atomic E-state index is 0.714. The topological polar surface area (TPSA) is 16.1 Å². The van der Waals surface area contributed by atoms with Crippen LogP contribution in [0.4, 0.5) is 5.13 Å². The molecule has 1 saturated heterocycles. The largest absolute Gasteiger partial charge is 0.345 e. The summed E-state index contributed by atoms with van der Waals surface area (Å²) in [5, 5.41) is 3.21. The average molecular weight is 154 g/mol. The van der Waals surface area contributed by atoms with E-state index >= 15 is 0 Å². The number of rotatable bonds is 1. The highest BCUT2D eigenvalue weighted by molar-refractivity contribution is 7.13. The predicted molar refractivity (Wildman–Crippen MR) is 43.5 cm³/mol. The van der Waals surface area contributed by atoms with Crippen LogP contribution in [0, 0.1) is 0 Å². The van der Waals surface area contributed by atoms with Gasteiger partial charge in [-0.3, -0.25) is 0 Å². The van der Waals surface area contributed by atoms with E-state index in [1.165, 1.54) is 18.1 Å². The summed E-state index contributed by atoms with van der Waals surface area (Å²) in [6, 6.07) is 0.714. The van der Waals surface area contributed by atoms with Gasteiger partial charge in [-0.05, 0) is 13.3 Å². The molecule has 1 aromatic rings. The highest BCUT2D eigenvalue weighted by atomic mass is 32.1. The Hall–Kier alpha value is -0.570. The minimum absolute atomic E-state index is 0.714. The molecule has 0 radical (unpaired) electrons. The number of thiazole rings is 1. The highest BCUT2D eigenvalue weighted by Gasteiger charge is 2.24. The van der Waals surface area contributed by atoms with Gasteiger partial charge >= 0.3 is 0 Å².